The predicted octanol–water partition coefficient (Wildman–Crippen LogP) is 4.02. The largest absolute Gasteiger partial charge is 0.480 e. The molecule has 174 valence electrons. The van der Waals surface area contributed by atoms with Gasteiger partial charge in [-0.3, -0.25) is 4.79 Å². The second kappa shape index (κ2) is 10.8. The van der Waals surface area contributed by atoms with Gasteiger partial charge in [0.1, 0.15) is 17.4 Å². The smallest absolute Gasteiger partial charge is 0.336 e. The lowest BCUT2D eigenvalue weighted by atomic mass is 10.0. The molecule has 0 aliphatic heterocycles. The first-order valence-electron chi connectivity index (χ1n) is 11.1. The number of hydrogen-bond donors (Lipinski definition) is 2. The van der Waals surface area contributed by atoms with E-state index in [-0.39, 0.29) is 6.42 Å². The first kappa shape index (κ1) is 24.0. The van der Waals surface area contributed by atoms with Gasteiger partial charge in [-0.15, -0.1) is 0 Å². The minimum Gasteiger partial charge on any atom is -0.480 e. The Morgan fingerprint density at radius 2 is 1.88 bits per heavy atom. The highest BCUT2D eigenvalue weighted by atomic mass is 16.5. The molecule has 2 aromatic carbocycles. The third-order valence-corrected chi connectivity index (χ3v) is 5.57. The van der Waals surface area contributed by atoms with Crippen molar-refractivity contribution in [3.8, 4) is 5.75 Å². The lowest BCUT2D eigenvalue weighted by molar-refractivity contribution is -0.142. The highest BCUT2D eigenvalue weighted by Gasteiger charge is 2.25. The van der Waals surface area contributed by atoms with Gasteiger partial charge in [0, 0.05) is 23.4 Å². The molecule has 7 nitrogen and oxygen atoms in total. The average Bonchev–Trinajstić information content (AvgIpc) is 2.79. The number of ether oxygens (including phenoxy) is 1. The Morgan fingerprint density at radius 3 is 2.55 bits per heavy atom. The summed E-state index contributed by atoms with van der Waals surface area (Å²) >= 11 is 0. The highest BCUT2D eigenvalue weighted by Crippen LogP contribution is 2.29. The Morgan fingerprint density at radius 1 is 1.15 bits per heavy atom. The zero-order chi connectivity index (χ0) is 24.0. The van der Waals surface area contributed by atoms with Gasteiger partial charge in [0.25, 0.3) is 5.91 Å². The molecule has 0 saturated carbocycles. The van der Waals surface area contributed by atoms with Gasteiger partial charge in [0.2, 0.25) is 0 Å². The molecular weight excluding hydrogens is 422 g/mol. The molecule has 33 heavy (non-hydrogen) atoms. The maximum absolute atomic E-state index is 12.7. The maximum Gasteiger partial charge on any atom is 0.336 e. The van der Waals surface area contributed by atoms with Crippen LogP contribution in [0.1, 0.15) is 43.4 Å². The Kier molecular flexibility index (Phi) is 7.87. The van der Waals surface area contributed by atoms with Crippen LogP contribution in [0.2, 0.25) is 0 Å². The van der Waals surface area contributed by atoms with Crippen LogP contribution in [-0.4, -0.2) is 29.1 Å². The Bertz CT molecular complexity index is 1180. The molecule has 1 heterocycles. The van der Waals surface area contributed by atoms with Crippen LogP contribution < -0.4 is 15.7 Å². The van der Waals surface area contributed by atoms with Gasteiger partial charge < -0.3 is 19.6 Å². The summed E-state index contributed by atoms with van der Waals surface area (Å²) in [4.78, 5) is 36.4. The zero-order valence-electron chi connectivity index (χ0n) is 19.1. The van der Waals surface area contributed by atoms with E-state index in [1.54, 1.807) is 19.9 Å². The second-order valence-corrected chi connectivity index (χ2v) is 8.11. The van der Waals surface area contributed by atoms with Crippen molar-refractivity contribution in [2.24, 2.45) is 0 Å². The normalized spacial score (nSPS) is 12.8. The van der Waals surface area contributed by atoms with Crippen LogP contribution in [0.4, 0.5) is 0 Å². The number of carboxylic acids is 1. The summed E-state index contributed by atoms with van der Waals surface area (Å²) in [7, 11) is 0. The Hall–Kier alpha value is -3.61. The first-order chi connectivity index (χ1) is 15.8. The van der Waals surface area contributed by atoms with Crippen molar-refractivity contribution in [1.29, 1.82) is 0 Å². The molecule has 0 aliphatic carbocycles. The molecule has 2 N–H and O–H groups in total. The van der Waals surface area contributed by atoms with E-state index < -0.39 is 29.6 Å². The SMILES string of the molecule is CCCCc1cc(=O)oc2c(C)c(O[C@@H](C)C(=O)N[C@@H](Cc3ccccc3)C(=O)O)ccc12. The molecule has 0 bridgehead atoms. The summed E-state index contributed by atoms with van der Waals surface area (Å²) in [5.74, 6) is -1.27. The summed E-state index contributed by atoms with van der Waals surface area (Å²) in [5, 5.41) is 12.9. The second-order valence-electron chi connectivity index (χ2n) is 8.11. The van der Waals surface area contributed by atoms with Crippen LogP contribution in [0.25, 0.3) is 11.0 Å². The topological polar surface area (TPSA) is 106 Å². The number of nitrogens with one attached hydrogen (secondary N) is 1. The van der Waals surface area contributed by atoms with Gasteiger partial charge in [-0.2, -0.15) is 0 Å². The average molecular weight is 452 g/mol. The van der Waals surface area contributed by atoms with E-state index in [1.165, 1.54) is 6.07 Å². The van der Waals surface area contributed by atoms with Crippen LogP contribution in [0.15, 0.2) is 57.7 Å². The van der Waals surface area contributed by atoms with E-state index in [1.807, 2.05) is 36.4 Å². The van der Waals surface area contributed by atoms with Gasteiger partial charge >= 0.3 is 11.6 Å². The maximum atomic E-state index is 12.7. The van der Waals surface area contributed by atoms with Gasteiger partial charge in [0.05, 0.1) is 0 Å². The van der Waals surface area contributed by atoms with Crippen LogP contribution >= 0.6 is 0 Å². The molecule has 0 fully saturated rings. The van der Waals surface area contributed by atoms with Crippen molar-refractivity contribution in [2.45, 2.75) is 58.6 Å². The number of rotatable bonds is 10. The number of carbonyl (C=O) groups excluding carboxylic acids is 1. The number of unbranched alkanes of at least 4 members (excludes halogenated alkanes) is 1. The standard InChI is InChI=1S/C26H29NO6/c1-4-5-11-19-15-23(28)33-24-16(2)22(13-12-20(19)24)32-17(3)25(29)27-21(26(30)31)14-18-9-7-6-8-10-18/h6-10,12-13,15,17,21H,4-5,11,14H2,1-3H3,(H,27,29)(H,30,31)/t17-,21-/m0/s1. The predicted molar refractivity (Wildman–Crippen MR) is 126 cm³/mol. The third kappa shape index (κ3) is 6.00. The molecule has 0 spiro atoms. The van der Waals surface area contributed by atoms with Crippen LogP contribution in [0, 0.1) is 6.92 Å². The summed E-state index contributed by atoms with van der Waals surface area (Å²) in [6.07, 6.45) is 1.95. The number of fused-ring (bicyclic) bond motifs is 1. The summed E-state index contributed by atoms with van der Waals surface area (Å²) in [6.45, 7) is 5.41. The van der Waals surface area contributed by atoms with Gasteiger partial charge in [0.15, 0.2) is 6.10 Å². The van der Waals surface area contributed by atoms with Crippen LogP contribution in [-0.2, 0) is 22.4 Å². The fourth-order valence-corrected chi connectivity index (χ4v) is 3.69. The number of carboxylic acid groups (broad SMARTS) is 1. The molecule has 7 heteroatoms. The lowest BCUT2D eigenvalue weighted by Crippen LogP contribution is -2.47. The molecule has 0 aliphatic rings. The molecule has 0 saturated heterocycles. The number of hydrogen-bond acceptors (Lipinski definition) is 5. The first-order valence-corrected chi connectivity index (χ1v) is 11.1. The third-order valence-electron chi connectivity index (χ3n) is 5.57. The highest BCUT2D eigenvalue weighted by molar-refractivity contribution is 5.87. The molecule has 1 aromatic heterocycles. The quantitative estimate of drug-likeness (QED) is 0.451. The summed E-state index contributed by atoms with van der Waals surface area (Å²) in [6, 6.07) is 13.1. The van der Waals surface area contributed by atoms with Crippen molar-refractivity contribution < 1.29 is 23.8 Å². The summed E-state index contributed by atoms with van der Waals surface area (Å²) in [5.41, 5.74) is 2.35. The van der Waals surface area contributed by atoms with E-state index in [2.05, 4.69) is 12.2 Å². The number of carbonyl (C=O) groups is 2. The van der Waals surface area contributed by atoms with E-state index in [9.17, 15) is 19.5 Å². The molecular formula is C26H29NO6. The molecule has 0 radical (unpaired) electrons. The number of amides is 1. The zero-order valence-corrected chi connectivity index (χ0v) is 19.1. The fraction of sp³-hybridized carbons (Fsp3) is 0.346. The van der Waals surface area contributed by atoms with Gasteiger partial charge in [-0.1, -0.05) is 43.7 Å². The monoisotopic (exact) mass is 451 g/mol. The van der Waals surface area contributed by atoms with Gasteiger partial charge in [-0.25, -0.2) is 9.59 Å². The molecule has 0 unspecified atom stereocenters. The van der Waals surface area contributed by atoms with Crippen molar-refractivity contribution in [2.75, 3.05) is 0 Å². The minimum absolute atomic E-state index is 0.162. The number of benzene rings is 2. The molecule has 3 aromatic rings. The Balaban J connectivity index is 1.77. The fourth-order valence-electron chi connectivity index (χ4n) is 3.69. The number of aryl methyl sites for hydroxylation is 2. The van der Waals surface area contributed by atoms with E-state index in [0.29, 0.717) is 16.9 Å². The minimum atomic E-state index is -1.12. The van der Waals surface area contributed by atoms with E-state index in [4.69, 9.17) is 9.15 Å². The molecule has 3 rings (SSSR count). The van der Waals surface area contributed by atoms with E-state index in [0.717, 1.165) is 35.8 Å². The van der Waals surface area contributed by atoms with Gasteiger partial charge in [-0.05, 0) is 49.9 Å². The molecule has 2 atom stereocenters. The van der Waals surface area contributed by atoms with E-state index >= 15 is 0 Å². The lowest BCUT2D eigenvalue weighted by Gasteiger charge is -2.20. The molecule has 1 amide bonds. The Labute approximate surface area is 192 Å². The van der Waals surface area contributed by atoms with Crippen molar-refractivity contribution in [3.05, 3.63) is 75.6 Å². The van der Waals surface area contributed by atoms with Crippen molar-refractivity contribution in [1.82, 2.24) is 5.32 Å². The van der Waals surface area contributed by atoms with Crippen molar-refractivity contribution in [3.63, 3.8) is 0 Å². The summed E-state index contributed by atoms with van der Waals surface area (Å²) < 4.78 is 11.3. The van der Waals surface area contributed by atoms with Crippen LogP contribution in [0.3, 0.4) is 0 Å². The van der Waals surface area contributed by atoms with Crippen molar-refractivity contribution >= 4 is 22.8 Å². The number of aliphatic carboxylic acids is 1. The van der Waals surface area contributed by atoms with Crippen LogP contribution in [0.5, 0.6) is 5.75 Å².